The average Bonchev–Trinajstić information content (AvgIpc) is 2.74. The van der Waals surface area contributed by atoms with Crippen LogP contribution in [-0.2, 0) is 6.61 Å². The second kappa shape index (κ2) is 5.32. The number of nitrogens with zero attached hydrogens (tertiary/aromatic N) is 2. The van der Waals surface area contributed by atoms with Gasteiger partial charge in [0.05, 0.1) is 21.2 Å². The Kier molecular flexibility index (Phi) is 3.78. The van der Waals surface area contributed by atoms with Crippen molar-refractivity contribution in [1.29, 1.82) is 0 Å². The molecule has 0 aliphatic carbocycles. The molecule has 94 valence electrons. The van der Waals surface area contributed by atoms with E-state index in [1.165, 1.54) is 23.5 Å². The summed E-state index contributed by atoms with van der Waals surface area (Å²) < 4.78 is 6.11. The number of nitrogens with two attached hydrogens (primary N) is 1. The van der Waals surface area contributed by atoms with Crippen molar-refractivity contribution in [2.24, 2.45) is 0 Å². The highest BCUT2D eigenvalue weighted by molar-refractivity contribution is 9.10. The van der Waals surface area contributed by atoms with Gasteiger partial charge in [0.15, 0.2) is 5.13 Å². The third-order valence-electron chi connectivity index (χ3n) is 2.07. The first-order valence-corrected chi connectivity index (χ1v) is 6.50. The maximum absolute atomic E-state index is 10.6. The summed E-state index contributed by atoms with van der Waals surface area (Å²) in [7, 11) is 0. The van der Waals surface area contributed by atoms with Crippen LogP contribution < -0.4 is 10.5 Å². The number of halogens is 1. The van der Waals surface area contributed by atoms with Gasteiger partial charge in [0.1, 0.15) is 12.4 Å². The fourth-order valence-corrected chi connectivity index (χ4v) is 2.17. The Labute approximate surface area is 115 Å². The fraction of sp³-hybridized carbons (Fsp3) is 0.100. The number of benzene rings is 1. The molecule has 1 heterocycles. The summed E-state index contributed by atoms with van der Waals surface area (Å²) in [5, 5.41) is 12.9. The highest BCUT2D eigenvalue weighted by Crippen LogP contribution is 2.30. The van der Waals surface area contributed by atoms with Gasteiger partial charge in [-0.3, -0.25) is 10.1 Å². The molecule has 1 aromatic carbocycles. The lowest BCUT2D eigenvalue weighted by atomic mass is 10.3. The van der Waals surface area contributed by atoms with Gasteiger partial charge in [-0.1, -0.05) is 0 Å². The molecule has 2 aromatic rings. The molecule has 0 radical (unpaired) electrons. The highest BCUT2D eigenvalue weighted by atomic mass is 79.9. The Bertz CT molecular complexity index is 587. The lowest BCUT2D eigenvalue weighted by molar-refractivity contribution is -0.385. The summed E-state index contributed by atoms with van der Waals surface area (Å²) in [6.07, 6.45) is 0. The average molecular weight is 330 g/mol. The number of nitrogen functional groups attached to an aromatic ring is 1. The van der Waals surface area contributed by atoms with Gasteiger partial charge in [0.2, 0.25) is 0 Å². The first-order valence-electron chi connectivity index (χ1n) is 4.83. The molecule has 0 spiro atoms. The van der Waals surface area contributed by atoms with E-state index in [0.717, 1.165) is 0 Å². The maximum Gasteiger partial charge on any atom is 0.273 e. The van der Waals surface area contributed by atoms with Crippen molar-refractivity contribution in [3.05, 3.63) is 43.9 Å². The number of nitro groups is 1. The Hall–Kier alpha value is -1.67. The van der Waals surface area contributed by atoms with E-state index in [-0.39, 0.29) is 12.3 Å². The Morgan fingerprint density at radius 2 is 2.33 bits per heavy atom. The third kappa shape index (κ3) is 2.96. The molecule has 0 saturated heterocycles. The van der Waals surface area contributed by atoms with Crippen LogP contribution in [0.4, 0.5) is 10.8 Å². The van der Waals surface area contributed by atoms with Crippen LogP contribution in [0.25, 0.3) is 0 Å². The van der Waals surface area contributed by atoms with Crippen LogP contribution in [0, 0.1) is 10.1 Å². The summed E-state index contributed by atoms with van der Waals surface area (Å²) in [4.78, 5) is 14.2. The van der Waals surface area contributed by atoms with E-state index in [1.807, 2.05) is 0 Å². The van der Waals surface area contributed by atoms with Gasteiger partial charge >= 0.3 is 0 Å². The van der Waals surface area contributed by atoms with E-state index in [0.29, 0.717) is 21.0 Å². The molecule has 0 saturated carbocycles. The molecule has 2 rings (SSSR count). The number of ether oxygens (including phenoxy) is 1. The number of hydrogen-bond acceptors (Lipinski definition) is 6. The highest BCUT2D eigenvalue weighted by Gasteiger charge is 2.11. The molecule has 6 nitrogen and oxygen atoms in total. The molecule has 1 aromatic heterocycles. The summed E-state index contributed by atoms with van der Waals surface area (Å²) in [6, 6.07) is 4.33. The SMILES string of the molecule is Nc1nc(COc2cc([N+](=O)[O-])ccc2Br)cs1. The largest absolute Gasteiger partial charge is 0.486 e. The molecule has 0 atom stereocenters. The van der Waals surface area contributed by atoms with Crippen LogP contribution in [0.5, 0.6) is 5.75 Å². The van der Waals surface area contributed by atoms with E-state index in [9.17, 15) is 10.1 Å². The number of non-ortho nitro benzene ring substituents is 1. The van der Waals surface area contributed by atoms with Gasteiger partial charge < -0.3 is 10.5 Å². The summed E-state index contributed by atoms with van der Waals surface area (Å²) in [5.74, 6) is 0.399. The lowest BCUT2D eigenvalue weighted by Gasteiger charge is -2.06. The van der Waals surface area contributed by atoms with E-state index in [2.05, 4.69) is 20.9 Å². The van der Waals surface area contributed by atoms with Crippen molar-refractivity contribution >= 4 is 38.1 Å². The number of rotatable bonds is 4. The van der Waals surface area contributed by atoms with E-state index >= 15 is 0 Å². The quantitative estimate of drug-likeness (QED) is 0.687. The van der Waals surface area contributed by atoms with Crippen LogP contribution in [0.15, 0.2) is 28.1 Å². The van der Waals surface area contributed by atoms with Crippen LogP contribution >= 0.6 is 27.3 Å². The molecule has 2 N–H and O–H groups in total. The molecule has 8 heteroatoms. The number of anilines is 1. The molecule has 0 aliphatic heterocycles. The molecule has 0 aliphatic rings. The second-order valence-electron chi connectivity index (χ2n) is 3.34. The number of hydrogen-bond donors (Lipinski definition) is 1. The standard InChI is InChI=1S/C10H8BrN3O3S/c11-8-2-1-7(14(15)16)3-9(8)17-4-6-5-18-10(12)13-6/h1-3,5H,4H2,(H2,12,13). The lowest BCUT2D eigenvalue weighted by Crippen LogP contribution is -1.98. The number of aromatic nitrogens is 1. The van der Waals surface area contributed by atoms with E-state index in [4.69, 9.17) is 10.5 Å². The fourth-order valence-electron chi connectivity index (χ4n) is 1.26. The van der Waals surface area contributed by atoms with Crippen molar-refractivity contribution in [2.45, 2.75) is 6.61 Å². The zero-order chi connectivity index (χ0) is 13.1. The van der Waals surface area contributed by atoms with Crippen molar-refractivity contribution in [2.75, 3.05) is 5.73 Å². The smallest absolute Gasteiger partial charge is 0.273 e. The maximum atomic E-state index is 10.6. The van der Waals surface area contributed by atoms with Crippen molar-refractivity contribution < 1.29 is 9.66 Å². The van der Waals surface area contributed by atoms with Gasteiger partial charge in [0, 0.05) is 11.4 Å². The summed E-state index contributed by atoms with van der Waals surface area (Å²) in [6.45, 7) is 0.216. The third-order valence-corrected chi connectivity index (χ3v) is 3.45. The Morgan fingerprint density at radius 1 is 1.56 bits per heavy atom. The minimum atomic E-state index is -0.472. The molecule has 0 amide bonds. The van der Waals surface area contributed by atoms with Crippen LogP contribution in [0.1, 0.15) is 5.69 Å². The monoisotopic (exact) mass is 329 g/mol. The minimum absolute atomic E-state index is 0.0222. The van der Waals surface area contributed by atoms with Crippen LogP contribution in [-0.4, -0.2) is 9.91 Å². The van der Waals surface area contributed by atoms with Gasteiger partial charge in [-0.2, -0.15) is 0 Å². The normalized spacial score (nSPS) is 10.3. The van der Waals surface area contributed by atoms with Gasteiger partial charge in [0.25, 0.3) is 5.69 Å². The van der Waals surface area contributed by atoms with Gasteiger partial charge in [-0.25, -0.2) is 4.98 Å². The Morgan fingerprint density at radius 3 is 2.94 bits per heavy atom. The molecule has 0 unspecified atom stereocenters. The van der Waals surface area contributed by atoms with Gasteiger partial charge in [-0.15, -0.1) is 11.3 Å². The Balaban J connectivity index is 2.13. The summed E-state index contributed by atoms with van der Waals surface area (Å²) in [5.41, 5.74) is 6.16. The predicted molar refractivity (Wildman–Crippen MR) is 71.7 cm³/mol. The van der Waals surface area contributed by atoms with Crippen molar-refractivity contribution in [3.63, 3.8) is 0 Å². The topological polar surface area (TPSA) is 91.3 Å². The minimum Gasteiger partial charge on any atom is -0.486 e. The summed E-state index contributed by atoms with van der Waals surface area (Å²) >= 11 is 4.59. The first-order chi connectivity index (χ1) is 8.56. The molecule has 0 bridgehead atoms. The first kappa shape index (κ1) is 12.8. The second-order valence-corrected chi connectivity index (χ2v) is 5.08. The van der Waals surface area contributed by atoms with Crippen LogP contribution in [0.2, 0.25) is 0 Å². The number of nitro benzene ring substituents is 1. The molecule has 18 heavy (non-hydrogen) atoms. The van der Waals surface area contributed by atoms with E-state index < -0.39 is 4.92 Å². The van der Waals surface area contributed by atoms with Gasteiger partial charge in [-0.05, 0) is 22.0 Å². The zero-order valence-electron chi connectivity index (χ0n) is 9.00. The molecule has 0 fully saturated rings. The molecular weight excluding hydrogens is 322 g/mol. The van der Waals surface area contributed by atoms with Crippen molar-refractivity contribution in [3.8, 4) is 5.75 Å². The van der Waals surface area contributed by atoms with Crippen LogP contribution in [0.3, 0.4) is 0 Å². The molecular formula is C10H8BrN3O3S. The van der Waals surface area contributed by atoms with E-state index in [1.54, 1.807) is 11.4 Å². The van der Waals surface area contributed by atoms with Crippen molar-refractivity contribution in [1.82, 2.24) is 4.98 Å². The predicted octanol–water partition coefficient (Wildman–Crippen LogP) is 2.98. The zero-order valence-corrected chi connectivity index (χ0v) is 11.4. The number of thiazole rings is 1.